The fraction of sp³-hybridized carbons (Fsp3) is 0.0500. The summed E-state index contributed by atoms with van der Waals surface area (Å²) in [7, 11) is 1.58. The van der Waals surface area contributed by atoms with Crippen LogP contribution in [0, 0.1) is 0 Å². The molecule has 8 nitrogen and oxygen atoms in total. The maximum atomic E-state index is 11.6. The molecule has 0 unspecified atom stereocenters. The van der Waals surface area contributed by atoms with E-state index >= 15 is 0 Å². The van der Waals surface area contributed by atoms with Gasteiger partial charge in [0.2, 0.25) is 0 Å². The number of carboxylic acid groups (broad SMARTS) is 1. The van der Waals surface area contributed by atoms with Crippen LogP contribution in [-0.4, -0.2) is 38.4 Å². The molecule has 0 atom stereocenters. The molecule has 8 heteroatoms. The van der Waals surface area contributed by atoms with Crippen molar-refractivity contribution >= 4 is 28.4 Å². The van der Waals surface area contributed by atoms with Gasteiger partial charge in [0.15, 0.2) is 5.82 Å². The lowest BCUT2D eigenvalue weighted by Gasteiger charge is -2.13. The third kappa shape index (κ3) is 3.30. The van der Waals surface area contributed by atoms with E-state index in [0.717, 1.165) is 0 Å². The Hall–Kier alpha value is -4.07. The Morgan fingerprint density at radius 1 is 1.07 bits per heavy atom. The number of carboxylic acids is 1. The van der Waals surface area contributed by atoms with Gasteiger partial charge in [-0.05, 0) is 36.4 Å². The first-order valence-electron chi connectivity index (χ1n) is 8.38. The van der Waals surface area contributed by atoms with E-state index < -0.39 is 5.97 Å². The average molecular weight is 373 g/mol. The number of aromatic carboxylic acids is 1. The zero-order valence-electron chi connectivity index (χ0n) is 14.8. The van der Waals surface area contributed by atoms with Crippen LogP contribution in [0.15, 0.2) is 60.9 Å². The molecule has 0 bridgehead atoms. The van der Waals surface area contributed by atoms with Gasteiger partial charge < -0.3 is 15.2 Å². The molecule has 2 aromatic carbocycles. The van der Waals surface area contributed by atoms with Crippen molar-refractivity contribution < 1.29 is 14.6 Å². The smallest absolute Gasteiger partial charge is 0.337 e. The van der Waals surface area contributed by atoms with Gasteiger partial charge in [-0.15, -0.1) is 0 Å². The molecule has 0 aliphatic heterocycles. The van der Waals surface area contributed by atoms with Gasteiger partial charge in [-0.1, -0.05) is 12.1 Å². The first-order chi connectivity index (χ1) is 13.7. The molecule has 0 fully saturated rings. The van der Waals surface area contributed by atoms with Gasteiger partial charge >= 0.3 is 5.97 Å². The number of ether oxygens (including phenoxy) is 1. The Balaban J connectivity index is 1.91. The number of methoxy groups -OCH3 is 1. The maximum Gasteiger partial charge on any atom is 0.337 e. The van der Waals surface area contributed by atoms with Crippen LogP contribution in [0.4, 0.5) is 11.5 Å². The summed E-state index contributed by atoms with van der Waals surface area (Å²) < 4.78 is 5.31. The zero-order valence-corrected chi connectivity index (χ0v) is 14.8. The molecule has 2 heterocycles. The van der Waals surface area contributed by atoms with E-state index in [1.807, 2.05) is 6.07 Å². The van der Waals surface area contributed by atoms with E-state index in [1.165, 1.54) is 6.07 Å². The van der Waals surface area contributed by atoms with Crippen LogP contribution in [0.25, 0.3) is 22.3 Å². The minimum atomic E-state index is -1.03. The number of para-hydroxylation sites is 1. The highest BCUT2D eigenvalue weighted by Gasteiger charge is 2.14. The van der Waals surface area contributed by atoms with E-state index in [-0.39, 0.29) is 5.56 Å². The van der Waals surface area contributed by atoms with Crippen molar-refractivity contribution in [2.45, 2.75) is 0 Å². The number of anilines is 2. The van der Waals surface area contributed by atoms with Crippen LogP contribution in [0.3, 0.4) is 0 Å². The van der Waals surface area contributed by atoms with E-state index in [9.17, 15) is 9.90 Å². The first-order valence-corrected chi connectivity index (χ1v) is 8.38. The highest BCUT2D eigenvalue weighted by Crippen LogP contribution is 2.30. The molecule has 0 radical (unpaired) electrons. The van der Waals surface area contributed by atoms with Crippen LogP contribution >= 0.6 is 0 Å². The van der Waals surface area contributed by atoms with Crippen molar-refractivity contribution in [3.63, 3.8) is 0 Å². The zero-order chi connectivity index (χ0) is 19.5. The van der Waals surface area contributed by atoms with Crippen molar-refractivity contribution in [3.8, 4) is 17.1 Å². The molecule has 0 aliphatic rings. The second-order valence-electron chi connectivity index (χ2n) is 5.89. The predicted octanol–water partition coefficient (Wildman–Crippen LogP) is 3.54. The number of fused-ring (bicyclic) bond motifs is 1. The molecule has 2 aromatic heterocycles. The molecule has 4 aromatic rings. The molecule has 2 N–H and O–H groups in total. The molecule has 0 saturated carbocycles. The summed E-state index contributed by atoms with van der Waals surface area (Å²) in [5.74, 6) is 0.522. The number of carbonyl (C=O) groups is 1. The highest BCUT2D eigenvalue weighted by molar-refractivity contribution is 5.98. The van der Waals surface area contributed by atoms with E-state index in [1.54, 1.807) is 55.9 Å². The molecular weight excluding hydrogens is 358 g/mol. The van der Waals surface area contributed by atoms with Crippen molar-refractivity contribution in [3.05, 3.63) is 66.5 Å². The maximum absolute atomic E-state index is 11.6. The summed E-state index contributed by atoms with van der Waals surface area (Å²) >= 11 is 0. The topological polar surface area (TPSA) is 110 Å². The van der Waals surface area contributed by atoms with Gasteiger partial charge in [0.05, 0.1) is 36.3 Å². The predicted molar refractivity (Wildman–Crippen MR) is 104 cm³/mol. The van der Waals surface area contributed by atoms with Gasteiger partial charge in [-0.25, -0.2) is 14.8 Å². The lowest BCUT2D eigenvalue weighted by Crippen LogP contribution is -2.05. The van der Waals surface area contributed by atoms with Gasteiger partial charge in [0.1, 0.15) is 11.6 Å². The third-order valence-corrected chi connectivity index (χ3v) is 4.16. The largest absolute Gasteiger partial charge is 0.497 e. The normalized spacial score (nSPS) is 10.6. The minimum Gasteiger partial charge on any atom is -0.497 e. The van der Waals surface area contributed by atoms with Crippen LogP contribution in [-0.2, 0) is 0 Å². The van der Waals surface area contributed by atoms with Crippen molar-refractivity contribution in [2.24, 2.45) is 0 Å². The summed E-state index contributed by atoms with van der Waals surface area (Å²) in [6.07, 6.45) is 3.13. The summed E-state index contributed by atoms with van der Waals surface area (Å²) in [4.78, 5) is 20.8. The number of rotatable bonds is 5. The summed E-state index contributed by atoms with van der Waals surface area (Å²) in [6.45, 7) is 0. The van der Waals surface area contributed by atoms with Crippen LogP contribution in [0.5, 0.6) is 5.75 Å². The molecule has 4 rings (SSSR count). The number of hydrogen-bond donors (Lipinski definition) is 2. The molecular formula is C20H15N5O3. The summed E-state index contributed by atoms with van der Waals surface area (Å²) in [6, 6.07) is 13.8. The fourth-order valence-corrected chi connectivity index (χ4v) is 2.79. The molecule has 0 aliphatic carbocycles. The summed E-state index contributed by atoms with van der Waals surface area (Å²) in [5.41, 5.74) is 1.95. The van der Waals surface area contributed by atoms with Gasteiger partial charge in [-0.2, -0.15) is 10.2 Å². The molecule has 28 heavy (non-hydrogen) atoms. The fourth-order valence-electron chi connectivity index (χ4n) is 2.79. The number of hydrogen-bond acceptors (Lipinski definition) is 7. The Bertz CT molecular complexity index is 1170. The van der Waals surface area contributed by atoms with E-state index in [2.05, 4.69) is 25.5 Å². The van der Waals surface area contributed by atoms with E-state index in [0.29, 0.717) is 39.5 Å². The standard InChI is InChI=1S/C20H15N5O3/c1-28-13-6-7-17-15(10-13)19(24-16-5-3-2-4-14(16)20(26)27)25-18(23-17)12-8-9-21-22-11-12/h2-11H,1H3,(H,26,27)(H,23,24,25). The molecule has 0 saturated heterocycles. The average Bonchev–Trinajstić information content (AvgIpc) is 2.74. The lowest BCUT2D eigenvalue weighted by atomic mass is 10.1. The number of nitrogens with one attached hydrogen (secondary N) is 1. The number of benzene rings is 2. The quantitative estimate of drug-likeness (QED) is 0.547. The lowest BCUT2D eigenvalue weighted by molar-refractivity contribution is 0.0698. The Labute approximate surface area is 159 Å². The van der Waals surface area contributed by atoms with Crippen LogP contribution in [0.2, 0.25) is 0 Å². The van der Waals surface area contributed by atoms with Crippen LogP contribution < -0.4 is 10.1 Å². The van der Waals surface area contributed by atoms with Crippen molar-refractivity contribution in [1.82, 2.24) is 20.2 Å². The van der Waals surface area contributed by atoms with Gasteiger partial charge in [0.25, 0.3) is 0 Å². The van der Waals surface area contributed by atoms with E-state index in [4.69, 9.17) is 4.74 Å². The molecule has 0 spiro atoms. The minimum absolute atomic E-state index is 0.143. The Morgan fingerprint density at radius 2 is 1.93 bits per heavy atom. The number of nitrogens with zero attached hydrogens (tertiary/aromatic N) is 4. The molecule has 0 amide bonds. The van der Waals surface area contributed by atoms with Crippen molar-refractivity contribution in [1.29, 1.82) is 0 Å². The molecule has 138 valence electrons. The summed E-state index contributed by atoms with van der Waals surface area (Å²) in [5, 5.41) is 20.9. The number of aromatic nitrogens is 4. The monoisotopic (exact) mass is 373 g/mol. The SMILES string of the molecule is COc1ccc2nc(-c3ccnnc3)nc(Nc3ccccc3C(=O)O)c2c1. The Kier molecular flexibility index (Phi) is 4.51. The van der Waals surface area contributed by atoms with Gasteiger partial charge in [-0.3, -0.25) is 0 Å². The van der Waals surface area contributed by atoms with Crippen LogP contribution in [0.1, 0.15) is 10.4 Å². The highest BCUT2D eigenvalue weighted by atomic mass is 16.5. The third-order valence-electron chi connectivity index (χ3n) is 4.16. The first kappa shape index (κ1) is 17.3. The van der Waals surface area contributed by atoms with Crippen molar-refractivity contribution in [2.75, 3.05) is 12.4 Å². The van der Waals surface area contributed by atoms with Gasteiger partial charge in [0, 0.05) is 10.9 Å². The second-order valence-corrected chi connectivity index (χ2v) is 5.89. The second kappa shape index (κ2) is 7.28. The Morgan fingerprint density at radius 3 is 2.68 bits per heavy atom.